The summed E-state index contributed by atoms with van der Waals surface area (Å²) in [7, 11) is 1.63. The second kappa shape index (κ2) is 9.76. The first kappa shape index (κ1) is 19.7. The standard InChI is InChI=1S/C23H21NO3S/c1-27-19-13-11-17(12-14-19)15-28-16-22(25)24-21-10-6-5-9-20(21)23(26)18-7-3-2-4-8-18/h2-14H,15-16H2,1H3,(H,24,25). The van der Waals surface area contributed by atoms with Gasteiger partial charge >= 0.3 is 0 Å². The van der Waals surface area contributed by atoms with Crippen molar-refractivity contribution >= 4 is 29.1 Å². The summed E-state index contributed by atoms with van der Waals surface area (Å²) < 4.78 is 5.14. The van der Waals surface area contributed by atoms with Crippen LogP contribution in [0.1, 0.15) is 21.5 Å². The summed E-state index contributed by atoms with van der Waals surface area (Å²) >= 11 is 1.52. The van der Waals surface area contributed by atoms with E-state index in [2.05, 4.69) is 5.32 Å². The Labute approximate surface area is 168 Å². The molecule has 0 aliphatic rings. The minimum absolute atomic E-state index is 0.109. The van der Waals surface area contributed by atoms with Crippen LogP contribution in [0.2, 0.25) is 0 Å². The number of benzene rings is 3. The third-order valence-electron chi connectivity index (χ3n) is 4.14. The van der Waals surface area contributed by atoms with Crippen molar-refractivity contribution in [1.29, 1.82) is 0 Å². The molecule has 0 bridgehead atoms. The van der Waals surface area contributed by atoms with E-state index in [0.29, 0.717) is 22.6 Å². The molecular weight excluding hydrogens is 370 g/mol. The molecule has 0 aromatic heterocycles. The number of carbonyl (C=O) groups excluding carboxylic acids is 2. The summed E-state index contributed by atoms with van der Waals surface area (Å²) in [4.78, 5) is 25.1. The second-order valence-corrected chi connectivity index (χ2v) is 7.12. The maximum atomic E-state index is 12.7. The molecule has 142 valence electrons. The zero-order valence-corrected chi connectivity index (χ0v) is 16.4. The average molecular weight is 391 g/mol. The Kier molecular flexibility index (Phi) is 6.87. The highest BCUT2D eigenvalue weighted by Crippen LogP contribution is 2.21. The molecule has 0 fully saturated rings. The van der Waals surface area contributed by atoms with Gasteiger partial charge in [-0.05, 0) is 29.8 Å². The van der Waals surface area contributed by atoms with Crippen LogP contribution in [-0.4, -0.2) is 24.6 Å². The van der Waals surface area contributed by atoms with Crippen LogP contribution < -0.4 is 10.1 Å². The van der Waals surface area contributed by atoms with E-state index in [9.17, 15) is 9.59 Å². The van der Waals surface area contributed by atoms with E-state index in [1.807, 2.05) is 48.5 Å². The Morgan fingerprint density at radius 3 is 2.29 bits per heavy atom. The highest BCUT2D eigenvalue weighted by atomic mass is 32.2. The molecule has 28 heavy (non-hydrogen) atoms. The van der Waals surface area contributed by atoms with Gasteiger partial charge in [0, 0.05) is 16.9 Å². The third-order valence-corrected chi connectivity index (χ3v) is 5.15. The highest BCUT2D eigenvalue weighted by molar-refractivity contribution is 7.99. The lowest BCUT2D eigenvalue weighted by Crippen LogP contribution is -2.17. The van der Waals surface area contributed by atoms with Gasteiger partial charge in [0.25, 0.3) is 0 Å². The first-order valence-electron chi connectivity index (χ1n) is 8.86. The topological polar surface area (TPSA) is 55.4 Å². The molecule has 1 N–H and O–H groups in total. The Morgan fingerprint density at radius 2 is 1.57 bits per heavy atom. The quantitative estimate of drug-likeness (QED) is 0.561. The molecular formula is C23H21NO3S. The van der Waals surface area contributed by atoms with Crippen LogP contribution in [0.4, 0.5) is 5.69 Å². The molecule has 3 rings (SSSR count). The lowest BCUT2D eigenvalue weighted by atomic mass is 10.0. The number of ketones is 1. The molecule has 5 heteroatoms. The van der Waals surface area contributed by atoms with Gasteiger partial charge in [-0.2, -0.15) is 0 Å². The number of rotatable bonds is 8. The monoisotopic (exact) mass is 391 g/mol. The molecule has 0 saturated carbocycles. The number of hydrogen-bond donors (Lipinski definition) is 1. The van der Waals surface area contributed by atoms with Crippen molar-refractivity contribution < 1.29 is 14.3 Å². The fourth-order valence-corrected chi connectivity index (χ4v) is 3.49. The van der Waals surface area contributed by atoms with Gasteiger partial charge in [0.2, 0.25) is 5.91 Å². The van der Waals surface area contributed by atoms with Gasteiger partial charge in [-0.15, -0.1) is 11.8 Å². The van der Waals surface area contributed by atoms with Crippen LogP contribution in [0.15, 0.2) is 78.9 Å². The summed E-state index contributed by atoms with van der Waals surface area (Å²) in [5.41, 5.74) is 2.74. The van der Waals surface area contributed by atoms with E-state index in [1.54, 1.807) is 37.4 Å². The molecule has 0 radical (unpaired) electrons. The second-order valence-electron chi connectivity index (χ2n) is 6.13. The van der Waals surface area contributed by atoms with Crippen LogP contribution in [0.5, 0.6) is 5.75 Å². The number of nitrogens with one attached hydrogen (secondary N) is 1. The highest BCUT2D eigenvalue weighted by Gasteiger charge is 2.14. The van der Waals surface area contributed by atoms with Crippen molar-refractivity contribution in [3.63, 3.8) is 0 Å². The Hall–Kier alpha value is -3.05. The molecule has 0 spiro atoms. The molecule has 0 heterocycles. The van der Waals surface area contributed by atoms with E-state index in [4.69, 9.17) is 4.74 Å². The number of para-hydroxylation sites is 1. The van der Waals surface area contributed by atoms with Crippen molar-refractivity contribution in [2.45, 2.75) is 5.75 Å². The third kappa shape index (κ3) is 5.24. The van der Waals surface area contributed by atoms with Gasteiger partial charge in [0.1, 0.15) is 5.75 Å². The van der Waals surface area contributed by atoms with Crippen molar-refractivity contribution in [3.8, 4) is 5.75 Å². The number of anilines is 1. The number of ether oxygens (including phenoxy) is 1. The fourth-order valence-electron chi connectivity index (χ4n) is 2.70. The molecule has 0 aliphatic heterocycles. The van der Waals surface area contributed by atoms with Crippen molar-refractivity contribution in [3.05, 3.63) is 95.6 Å². The number of thioether (sulfide) groups is 1. The van der Waals surface area contributed by atoms with Gasteiger partial charge in [0.05, 0.1) is 18.6 Å². The van der Waals surface area contributed by atoms with E-state index in [0.717, 1.165) is 17.1 Å². The van der Waals surface area contributed by atoms with Crippen LogP contribution in [0, 0.1) is 0 Å². The van der Waals surface area contributed by atoms with Gasteiger partial charge in [0.15, 0.2) is 5.78 Å². The van der Waals surface area contributed by atoms with Crippen molar-refractivity contribution in [2.75, 3.05) is 18.2 Å². The summed E-state index contributed by atoms with van der Waals surface area (Å²) in [5, 5.41) is 2.87. The minimum Gasteiger partial charge on any atom is -0.497 e. The molecule has 0 aliphatic carbocycles. The molecule has 0 atom stereocenters. The summed E-state index contributed by atoms with van der Waals surface area (Å²) in [6, 6.07) is 23.9. The average Bonchev–Trinajstić information content (AvgIpc) is 2.75. The maximum Gasteiger partial charge on any atom is 0.234 e. The van der Waals surface area contributed by atoms with Crippen molar-refractivity contribution in [1.82, 2.24) is 0 Å². The Morgan fingerprint density at radius 1 is 0.893 bits per heavy atom. The summed E-state index contributed by atoms with van der Waals surface area (Å²) in [5.74, 6) is 1.60. The van der Waals surface area contributed by atoms with Crippen LogP contribution >= 0.6 is 11.8 Å². The van der Waals surface area contributed by atoms with E-state index < -0.39 is 0 Å². The zero-order valence-electron chi connectivity index (χ0n) is 15.6. The first-order valence-corrected chi connectivity index (χ1v) is 10.0. The Bertz CT molecular complexity index is 940. The van der Waals surface area contributed by atoms with Crippen LogP contribution in [0.3, 0.4) is 0 Å². The van der Waals surface area contributed by atoms with Gasteiger partial charge in [-0.25, -0.2) is 0 Å². The molecule has 4 nitrogen and oxygen atoms in total. The zero-order chi connectivity index (χ0) is 19.8. The normalized spacial score (nSPS) is 10.3. The lowest BCUT2D eigenvalue weighted by Gasteiger charge is -2.10. The maximum absolute atomic E-state index is 12.7. The predicted octanol–water partition coefficient (Wildman–Crippen LogP) is 4.80. The predicted molar refractivity (Wildman–Crippen MR) is 114 cm³/mol. The van der Waals surface area contributed by atoms with Gasteiger partial charge in [-0.1, -0.05) is 54.6 Å². The van der Waals surface area contributed by atoms with Crippen LogP contribution in [-0.2, 0) is 10.5 Å². The first-order chi connectivity index (χ1) is 13.7. The molecule has 0 unspecified atom stereocenters. The molecule has 3 aromatic rings. The number of hydrogen-bond acceptors (Lipinski definition) is 4. The number of amides is 1. The van der Waals surface area contributed by atoms with E-state index >= 15 is 0 Å². The van der Waals surface area contributed by atoms with Crippen molar-refractivity contribution in [2.24, 2.45) is 0 Å². The fraction of sp³-hybridized carbons (Fsp3) is 0.130. The number of carbonyl (C=O) groups is 2. The number of methoxy groups -OCH3 is 1. The van der Waals surface area contributed by atoms with E-state index in [-0.39, 0.29) is 11.7 Å². The van der Waals surface area contributed by atoms with E-state index in [1.165, 1.54) is 11.8 Å². The smallest absolute Gasteiger partial charge is 0.234 e. The Balaban J connectivity index is 1.59. The van der Waals surface area contributed by atoms with Gasteiger partial charge < -0.3 is 10.1 Å². The SMILES string of the molecule is COc1ccc(CSCC(=O)Nc2ccccc2C(=O)c2ccccc2)cc1. The van der Waals surface area contributed by atoms with Crippen LogP contribution in [0.25, 0.3) is 0 Å². The minimum atomic E-state index is -0.133. The lowest BCUT2D eigenvalue weighted by molar-refractivity contribution is -0.113. The molecule has 0 saturated heterocycles. The molecule has 3 aromatic carbocycles. The molecule has 1 amide bonds. The summed E-state index contributed by atoms with van der Waals surface area (Å²) in [6.07, 6.45) is 0. The largest absolute Gasteiger partial charge is 0.497 e. The summed E-state index contributed by atoms with van der Waals surface area (Å²) in [6.45, 7) is 0. The van der Waals surface area contributed by atoms with Gasteiger partial charge in [-0.3, -0.25) is 9.59 Å².